The van der Waals surface area contributed by atoms with Crippen LogP contribution in [0.3, 0.4) is 0 Å². The summed E-state index contributed by atoms with van der Waals surface area (Å²) < 4.78 is 32.0. The molecule has 0 N–H and O–H groups in total. The molecule has 0 fully saturated rings. The van der Waals surface area contributed by atoms with Gasteiger partial charge in [0, 0.05) is 10.4 Å². The number of ether oxygens (including phenoxy) is 1. The van der Waals surface area contributed by atoms with Gasteiger partial charge < -0.3 is 4.74 Å². The Morgan fingerprint density at radius 3 is 2.71 bits per heavy atom. The molecule has 0 aliphatic rings. The summed E-state index contributed by atoms with van der Waals surface area (Å²) in [4.78, 5) is 0. The minimum Gasteiger partial charge on any atom is -0.490 e. The van der Waals surface area contributed by atoms with Crippen LogP contribution in [0.2, 0.25) is 0 Å². The van der Waals surface area contributed by atoms with E-state index >= 15 is 0 Å². The fourth-order valence-electron chi connectivity index (χ4n) is 1.34. The Kier molecular flexibility index (Phi) is 6.20. The molecule has 0 radical (unpaired) electrons. The Hall–Kier alpha value is -0.350. The van der Waals surface area contributed by atoms with Gasteiger partial charge in [-0.25, -0.2) is 4.39 Å². The van der Waals surface area contributed by atoms with Crippen molar-refractivity contribution in [3.8, 4) is 5.75 Å². The lowest BCUT2D eigenvalue weighted by molar-refractivity contribution is 0.266. The van der Waals surface area contributed by atoms with E-state index in [0.29, 0.717) is 22.9 Å². The average Bonchev–Trinajstić information content (AvgIpc) is 2.25. The minimum absolute atomic E-state index is 0.0602. The van der Waals surface area contributed by atoms with Crippen LogP contribution in [0.15, 0.2) is 16.6 Å². The second-order valence-corrected chi connectivity index (χ2v) is 5.21. The van der Waals surface area contributed by atoms with Crippen molar-refractivity contribution in [2.24, 2.45) is 5.92 Å². The highest BCUT2D eigenvalue weighted by molar-refractivity contribution is 9.10. The van der Waals surface area contributed by atoms with E-state index in [-0.39, 0.29) is 5.75 Å². The Labute approximate surface area is 113 Å². The molecule has 0 aromatic heterocycles. The Morgan fingerprint density at radius 1 is 1.35 bits per heavy atom. The van der Waals surface area contributed by atoms with Gasteiger partial charge in [-0.2, -0.15) is 4.39 Å². The van der Waals surface area contributed by atoms with Crippen LogP contribution >= 0.6 is 27.5 Å². The Bertz CT molecular complexity index is 374. The molecule has 1 nitrogen and oxygen atoms in total. The van der Waals surface area contributed by atoms with Crippen LogP contribution in [-0.2, 0) is 0 Å². The van der Waals surface area contributed by atoms with E-state index in [9.17, 15) is 8.78 Å². The highest BCUT2D eigenvalue weighted by Crippen LogP contribution is 2.25. The first-order valence-electron chi connectivity index (χ1n) is 5.38. The topological polar surface area (TPSA) is 9.23 Å². The van der Waals surface area contributed by atoms with Crippen LogP contribution < -0.4 is 4.74 Å². The average molecular weight is 328 g/mol. The van der Waals surface area contributed by atoms with Crippen molar-refractivity contribution < 1.29 is 13.5 Å². The molecular formula is C12H14BrClF2O. The van der Waals surface area contributed by atoms with Gasteiger partial charge in [0.2, 0.25) is 5.82 Å². The lowest BCUT2D eigenvalue weighted by Crippen LogP contribution is -2.06. The predicted octanol–water partition coefficient (Wildman–Crippen LogP) is 4.76. The molecule has 1 rings (SSSR count). The van der Waals surface area contributed by atoms with Crippen LogP contribution in [0.1, 0.15) is 19.8 Å². The van der Waals surface area contributed by atoms with Crippen molar-refractivity contribution in [3.05, 3.63) is 28.2 Å². The van der Waals surface area contributed by atoms with Gasteiger partial charge in [0.1, 0.15) is 0 Å². The Balaban J connectivity index is 2.52. The zero-order chi connectivity index (χ0) is 12.8. The zero-order valence-corrected chi connectivity index (χ0v) is 11.8. The van der Waals surface area contributed by atoms with Gasteiger partial charge in [-0.05, 0) is 30.9 Å². The first-order valence-corrected chi connectivity index (χ1v) is 6.70. The standard InChI is InChI=1S/C12H14BrClF2O/c1-8(2-4-14)3-5-17-11-7-9(13)6-10(15)12(11)16/h6-8H,2-5H2,1H3. The van der Waals surface area contributed by atoms with E-state index in [1.807, 2.05) is 6.92 Å². The summed E-state index contributed by atoms with van der Waals surface area (Å²) in [7, 11) is 0. The summed E-state index contributed by atoms with van der Waals surface area (Å²) in [6.45, 7) is 2.40. The maximum atomic E-state index is 13.3. The van der Waals surface area contributed by atoms with Crippen molar-refractivity contribution in [1.82, 2.24) is 0 Å². The molecule has 0 bridgehead atoms. The van der Waals surface area contributed by atoms with Gasteiger partial charge in [0.15, 0.2) is 11.6 Å². The molecule has 0 aliphatic carbocycles. The smallest absolute Gasteiger partial charge is 0.200 e. The van der Waals surface area contributed by atoms with Gasteiger partial charge in [0.25, 0.3) is 0 Å². The maximum absolute atomic E-state index is 13.3. The van der Waals surface area contributed by atoms with Gasteiger partial charge >= 0.3 is 0 Å². The monoisotopic (exact) mass is 326 g/mol. The van der Waals surface area contributed by atoms with Gasteiger partial charge in [-0.15, -0.1) is 11.6 Å². The summed E-state index contributed by atoms with van der Waals surface area (Å²) in [5.74, 6) is -0.912. The second-order valence-electron chi connectivity index (χ2n) is 3.92. The van der Waals surface area contributed by atoms with E-state index < -0.39 is 11.6 Å². The van der Waals surface area contributed by atoms with E-state index in [4.69, 9.17) is 16.3 Å². The quantitative estimate of drug-likeness (QED) is 0.540. The lowest BCUT2D eigenvalue weighted by atomic mass is 10.1. The van der Waals surface area contributed by atoms with Crippen LogP contribution in [0.4, 0.5) is 8.78 Å². The summed E-state index contributed by atoms with van der Waals surface area (Å²) in [5, 5.41) is 0. The second kappa shape index (κ2) is 7.17. The van der Waals surface area contributed by atoms with Crippen molar-refractivity contribution in [2.45, 2.75) is 19.8 Å². The van der Waals surface area contributed by atoms with Gasteiger partial charge in [-0.1, -0.05) is 22.9 Å². The molecule has 0 heterocycles. The van der Waals surface area contributed by atoms with Crippen molar-refractivity contribution in [3.63, 3.8) is 0 Å². The maximum Gasteiger partial charge on any atom is 0.200 e. The fraction of sp³-hybridized carbons (Fsp3) is 0.500. The van der Waals surface area contributed by atoms with Crippen molar-refractivity contribution >= 4 is 27.5 Å². The molecule has 17 heavy (non-hydrogen) atoms. The zero-order valence-electron chi connectivity index (χ0n) is 9.48. The van der Waals surface area contributed by atoms with E-state index in [1.54, 1.807) is 0 Å². The van der Waals surface area contributed by atoms with Crippen LogP contribution in [0.5, 0.6) is 5.75 Å². The molecule has 1 atom stereocenters. The SMILES string of the molecule is CC(CCCl)CCOc1cc(Br)cc(F)c1F. The highest BCUT2D eigenvalue weighted by Gasteiger charge is 2.11. The number of halogens is 4. The summed E-state index contributed by atoms with van der Waals surface area (Å²) in [5.41, 5.74) is 0. The molecule has 0 spiro atoms. The van der Waals surface area contributed by atoms with Crippen LogP contribution in [0, 0.1) is 17.6 Å². The summed E-state index contributed by atoms with van der Waals surface area (Å²) in [6.07, 6.45) is 1.65. The third-order valence-corrected chi connectivity index (χ3v) is 3.11. The van der Waals surface area contributed by atoms with Gasteiger partial charge in [0.05, 0.1) is 6.61 Å². The largest absolute Gasteiger partial charge is 0.490 e. The van der Waals surface area contributed by atoms with E-state index in [2.05, 4.69) is 15.9 Å². The summed E-state index contributed by atoms with van der Waals surface area (Å²) >= 11 is 8.69. The first kappa shape index (κ1) is 14.7. The van der Waals surface area contributed by atoms with Crippen LogP contribution in [-0.4, -0.2) is 12.5 Å². The number of hydrogen-bond acceptors (Lipinski definition) is 1. The number of benzene rings is 1. The third kappa shape index (κ3) is 4.80. The molecule has 0 saturated carbocycles. The van der Waals surface area contributed by atoms with Crippen molar-refractivity contribution in [1.29, 1.82) is 0 Å². The number of rotatable bonds is 6. The molecule has 1 aromatic rings. The normalized spacial score (nSPS) is 12.5. The lowest BCUT2D eigenvalue weighted by Gasteiger charge is -2.11. The van der Waals surface area contributed by atoms with E-state index in [1.165, 1.54) is 6.07 Å². The Morgan fingerprint density at radius 2 is 2.06 bits per heavy atom. The van der Waals surface area contributed by atoms with E-state index in [0.717, 1.165) is 18.9 Å². The number of alkyl halides is 1. The molecule has 0 saturated heterocycles. The molecule has 0 amide bonds. The molecule has 96 valence electrons. The molecule has 1 aromatic carbocycles. The minimum atomic E-state index is -0.946. The van der Waals surface area contributed by atoms with Crippen LogP contribution in [0.25, 0.3) is 0 Å². The molecule has 1 unspecified atom stereocenters. The molecule has 0 aliphatic heterocycles. The highest BCUT2D eigenvalue weighted by atomic mass is 79.9. The number of hydrogen-bond donors (Lipinski definition) is 0. The molecule has 5 heteroatoms. The predicted molar refractivity (Wildman–Crippen MR) is 68.7 cm³/mol. The fourth-order valence-corrected chi connectivity index (χ4v) is 2.12. The molecular weight excluding hydrogens is 313 g/mol. The third-order valence-electron chi connectivity index (χ3n) is 2.43. The first-order chi connectivity index (χ1) is 8.04. The van der Waals surface area contributed by atoms with Crippen molar-refractivity contribution in [2.75, 3.05) is 12.5 Å². The summed E-state index contributed by atoms with van der Waals surface area (Å²) in [6, 6.07) is 2.49. The van der Waals surface area contributed by atoms with Gasteiger partial charge in [-0.3, -0.25) is 0 Å².